The van der Waals surface area contributed by atoms with Crippen molar-refractivity contribution in [2.45, 2.75) is 0 Å². The maximum atomic E-state index is 9.36. The van der Waals surface area contributed by atoms with E-state index in [1.54, 1.807) is 0 Å². The van der Waals surface area contributed by atoms with Crippen LogP contribution >= 0.6 is 0 Å². The molecule has 0 saturated carbocycles. The largest absolute Gasteiger partial charge is 0.192 e. The van der Waals surface area contributed by atoms with Crippen LogP contribution in [-0.4, -0.2) is 0 Å². The third kappa shape index (κ3) is 3.13. The molecule has 0 aliphatic heterocycles. The molecule has 0 spiro atoms. The average molecular weight is 281 g/mol. The van der Waals surface area contributed by atoms with Crippen LogP contribution in [0.15, 0.2) is 84.9 Å². The van der Waals surface area contributed by atoms with E-state index in [9.17, 15) is 5.26 Å². The number of hydrogen-bond acceptors (Lipinski definition) is 1. The monoisotopic (exact) mass is 281 g/mol. The van der Waals surface area contributed by atoms with Gasteiger partial charge in [-0.25, -0.2) is 0 Å². The topological polar surface area (TPSA) is 23.8 Å². The van der Waals surface area contributed by atoms with Crippen molar-refractivity contribution in [3.8, 4) is 17.2 Å². The Labute approximate surface area is 130 Å². The first-order valence-electron chi connectivity index (χ1n) is 7.19. The van der Waals surface area contributed by atoms with Crippen molar-refractivity contribution >= 4 is 11.6 Å². The minimum Gasteiger partial charge on any atom is -0.192 e. The summed E-state index contributed by atoms with van der Waals surface area (Å²) < 4.78 is 0. The lowest BCUT2D eigenvalue weighted by atomic mass is 10.0. The second kappa shape index (κ2) is 6.56. The molecule has 0 fully saturated rings. The molecule has 0 bridgehead atoms. The van der Waals surface area contributed by atoms with E-state index in [0.717, 1.165) is 11.1 Å². The van der Waals surface area contributed by atoms with Gasteiger partial charge in [0, 0.05) is 0 Å². The number of nitriles is 1. The van der Waals surface area contributed by atoms with E-state index in [2.05, 4.69) is 30.3 Å². The number of benzene rings is 3. The highest BCUT2D eigenvalue weighted by molar-refractivity contribution is 5.89. The van der Waals surface area contributed by atoms with E-state index in [1.807, 2.05) is 66.7 Å². The van der Waals surface area contributed by atoms with Crippen molar-refractivity contribution in [3.05, 3.63) is 96.1 Å². The summed E-state index contributed by atoms with van der Waals surface area (Å²) in [6.45, 7) is 0. The van der Waals surface area contributed by atoms with Crippen molar-refractivity contribution in [2.75, 3.05) is 0 Å². The molecule has 3 aromatic carbocycles. The Morgan fingerprint density at radius 1 is 0.682 bits per heavy atom. The van der Waals surface area contributed by atoms with Gasteiger partial charge in [-0.1, -0.05) is 84.9 Å². The van der Waals surface area contributed by atoms with Gasteiger partial charge in [-0.2, -0.15) is 5.26 Å². The Balaban J connectivity index is 1.90. The Kier molecular flexibility index (Phi) is 4.13. The van der Waals surface area contributed by atoms with Gasteiger partial charge in [-0.3, -0.25) is 0 Å². The highest BCUT2D eigenvalue weighted by Gasteiger charge is 2.01. The molecule has 0 aliphatic carbocycles. The van der Waals surface area contributed by atoms with Gasteiger partial charge in [0.25, 0.3) is 0 Å². The Morgan fingerprint density at radius 2 is 1.23 bits per heavy atom. The SMILES string of the molecule is N#C/C(=C\c1ccc(-c2ccccc2)cc1)c1ccccc1. The average Bonchev–Trinajstić information content (AvgIpc) is 2.62. The van der Waals surface area contributed by atoms with Crippen molar-refractivity contribution in [1.29, 1.82) is 5.26 Å². The van der Waals surface area contributed by atoms with Crippen LogP contribution in [0.1, 0.15) is 11.1 Å². The molecule has 0 unspecified atom stereocenters. The molecular formula is C21H15N. The lowest BCUT2D eigenvalue weighted by Gasteiger charge is -2.03. The van der Waals surface area contributed by atoms with Gasteiger partial charge >= 0.3 is 0 Å². The lowest BCUT2D eigenvalue weighted by molar-refractivity contribution is 1.52. The van der Waals surface area contributed by atoms with E-state index in [0.29, 0.717) is 5.57 Å². The third-order valence-electron chi connectivity index (χ3n) is 3.53. The van der Waals surface area contributed by atoms with Crippen LogP contribution in [0.2, 0.25) is 0 Å². The fraction of sp³-hybridized carbons (Fsp3) is 0. The Bertz CT molecular complexity index is 807. The second-order valence-electron chi connectivity index (χ2n) is 5.02. The van der Waals surface area contributed by atoms with Crippen molar-refractivity contribution in [3.63, 3.8) is 0 Å². The highest BCUT2D eigenvalue weighted by atomic mass is 14.2. The van der Waals surface area contributed by atoms with Crippen molar-refractivity contribution in [2.24, 2.45) is 0 Å². The van der Waals surface area contributed by atoms with E-state index >= 15 is 0 Å². The third-order valence-corrected chi connectivity index (χ3v) is 3.53. The molecule has 1 heteroatoms. The first-order chi connectivity index (χ1) is 10.9. The quantitative estimate of drug-likeness (QED) is 0.464. The van der Waals surface area contributed by atoms with Crippen LogP contribution in [0.25, 0.3) is 22.8 Å². The van der Waals surface area contributed by atoms with Crippen LogP contribution in [0.4, 0.5) is 0 Å². The molecule has 3 aromatic rings. The maximum absolute atomic E-state index is 9.36. The van der Waals surface area contributed by atoms with Crippen LogP contribution in [0, 0.1) is 11.3 Å². The molecule has 0 amide bonds. The highest BCUT2D eigenvalue weighted by Crippen LogP contribution is 2.22. The van der Waals surface area contributed by atoms with Crippen LogP contribution in [0.5, 0.6) is 0 Å². The predicted octanol–water partition coefficient (Wildman–Crippen LogP) is 5.42. The molecule has 22 heavy (non-hydrogen) atoms. The molecule has 104 valence electrons. The van der Waals surface area contributed by atoms with Gasteiger partial charge < -0.3 is 0 Å². The second-order valence-corrected chi connectivity index (χ2v) is 5.02. The molecule has 0 aromatic heterocycles. The zero-order chi connectivity index (χ0) is 15.2. The van der Waals surface area contributed by atoms with Gasteiger partial charge in [0.15, 0.2) is 0 Å². The number of rotatable bonds is 3. The van der Waals surface area contributed by atoms with Gasteiger partial charge in [-0.15, -0.1) is 0 Å². The summed E-state index contributed by atoms with van der Waals surface area (Å²) in [5.41, 5.74) is 5.02. The van der Waals surface area contributed by atoms with Crippen molar-refractivity contribution < 1.29 is 0 Å². The lowest BCUT2D eigenvalue weighted by Crippen LogP contribution is -1.82. The van der Waals surface area contributed by atoms with Crippen molar-refractivity contribution in [1.82, 2.24) is 0 Å². The summed E-state index contributed by atoms with van der Waals surface area (Å²) in [6.07, 6.45) is 1.92. The molecule has 0 N–H and O–H groups in total. The number of hydrogen-bond donors (Lipinski definition) is 0. The summed E-state index contributed by atoms with van der Waals surface area (Å²) in [5, 5.41) is 9.36. The zero-order valence-electron chi connectivity index (χ0n) is 12.1. The minimum atomic E-state index is 0.674. The molecule has 0 heterocycles. The van der Waals surface area contributed by atoms with E-state index in [1.165, 1.54) is 11.1 Å². The standard InChI is InChI=1S/C21H15N/c22-16-21(19-9-5-2-6-10-19)15-17-11-13-20(14-12-17)18-7-3-1-4-8-18/h1-15H/b21-15+. The first-order valence-corrected chi connectivity index (χ1v) is 7.19. The molecule has 0 atom stereocenters. The minimum absolute atomic E-state index is 0.674. The summed E-state index contributed by atoms with van der Waals surface area (Å²) in [6, 6.07) is 30.5. The first kappa shape index (κ1) is 13.9. The zero-order valence-corrected chi connectivity index (χ0v) is 12.1. The van der Waals surface area contributed by atoms with E-state index in [-0.39, 0.29) is 0 Å². The predicted molar refractivity (Wildman–Crippen MR) is 91.8 cm³/mol. The Morgan fingerprint density at radius 3 is 1.82 bits per heavy atom. The Hall–Kier alpha value is -3.11. The molecule has 0 saturated heterocycles. The summed E-state index contributed by atoms with van der Waals surface area (Å²) >= 11 is 0. The maximum Gasteiger partial charge on any atom is 0.0998 e. The van der Waals surface area contributed by atoms with Crippen LogP contribution in [0.3, 0.4) is 0 Å². The van der Waals surface area contributed by atoms with Gasteiger partial charge in [0.2, 0.25) is 0 Å². The summed E-state index contributed by atoms with van der Waals surface area (Å²) in [7, 11) is 0. The summed E-state index contributed by atoms with van der Waals surface area (Å²) in [5.74, 6) is 0. The molecule has 3 rings (SSSR count). The number of allylic oxidation sites excluding steroid dienone is 1. The molecular weight excluding hydrogens is 266 g/mol. The molecule has 0 aliphatic rings. The fourth-order valence-corrected chi connectivity index (χ4v) is 2.37. The molecule has 0 radical (unpaired) electrons. The van der Waals surface area contributed by atoms with Crippen LogP contribution in [-0.2, 0) is 0 Å². The smallest absolute Gasteiger partial charge is 0.0998 e. The van der Waals surface area contributed by atoms with Gasteiger partial charge in [0.05, 0.1) is 11.6 Å². The molecule has 1 nitrogen and oxygen atoms in total. The van der Waals surface area contributed by atoms with Gasteiger partial charge in [0.1, 0.15) is 0 Å². The fourth-order valence-electron chi connectivity index (χ4n) is 2.37. The normalized spacial score (nSPS) is 11.0. The van der Waals surface area contributed by atoms with E-state index < -0.39 is 0 Å². The van der Waals surface area contributed by atoms with E-state index in [4.69, 9.17) is 0 Å². The van der Waals surface area contributed by atoms with Crippen LogP contribution < -0.4 is 0 Å². The van der Waals surface area contributed by atoms with Gasteiger partial charge in [-0.05, 0) is 28.3 Å². The summed E-state index contributed by atoms with van der Waals surface area (Å²) in [4.78, 5) is 0. The number of nitrogens with zero attached hydrogens (tertiary/aromatic N) is 1.